The van der Waals surface area contributed by atoms with Crippen molar-refractivity contribution in [1.29, 1.82) is 0 Å². The van der Waals surface area contributed by atoms with Crippen molar-refractivity contribution < 1.29 is 9.90 Å². The van der Waals surface area contributed by atoms with E-state index in [9.17, 15) is 9.90 Å². The fourth-order valence-corrected chi connectivity index (χ4v) is 6.38. The van der Waals surface area contributed by atoms with Gasteiger partial charge in [0.1, 0.15) is 0 Å². The number of hydrogen-bond acceptors (Lipinski definition) is 1. The normalized spacial score (nSPS) is 58.9. The Kier molecular flexibility index (Phi) is 1.97. The lowest BCUT2D eigenvalue weighted by Crippen LogP contribution is -2.63. The highest BCUT2D eigenvalue weighted by molar-refractivity contribution is 9.09. The number of rotatable bonds is 1. The summed E-state index contributed by atoms with van der Waals surface area (Å²) < 4.78 is 0. The molecule has 2 nitrogen and oxygen atoms in total. The molecule has 0 aromatic carbocycles. The van der Waals surface area contributed by atoms with E-state index >= 15 is 0 Å². The number of aliphatic carboxylic acids is 1. The maximum absolute atomic E-state index is 11.7. The van der Waals surface area contributed by atoms with Gasteiger partial charge in [0.05, 0.1) is 5.41 Å². The molecule has 0 spiro atoms. The highest BCUT2D eigenvalue weighted by Gasteiger charge is 2.66. The predicted octanol–water partition coefficient (Wildman–Crippen LogP) is 3.44. The molecule has 0 amide bonds. The Morgan fingerprint density at radius 2 is 1.69 bits per heavy atom. The van der Waals surface area contributed by atoms with Crippen LogP contribution in [-0.4, -0.2) is 15.9 Å². The van der Waals surface area contributed by atoms with Crippen LogP contribution in [0.4, 0.5) is 0 Å². The Morgan fingerprint density at radius 3 is 2.12 bits per heavy atom. The largest absolute Gasteiger partial charge is 0.481 e. The van der Waals surface area contributed by atoms with Crippen LogP contribution in [0.1, 0.15) is 46.0 Å². The second kappa shape index (κ2) is 2.85. The van der Waals surface area contributed by atoms with Gasteiger partial charge < -0.3 is 5.11 Å². The van der Waals surface area contributed by atoms with Crippen LogP contribution in [0.2, 0.25) is 0 Å². The molecule has 3 atom stereocenters. The molecular weight excluding hydrogens is 268 g/mol. The average molecular weight is 287 g/mol. The van der Waals surface area contributed by atoms with Crippen LogP contribution < -0.4 is 0 Å². The Labute approximate surface area is 105 Å². The minimum Gasteiger partial charge on any atom is -0.481 e. The van der Waals surface area contributed by atoms with E-state index < -0.39 is 11.4 Å². The minimum absolute atomic E-state index is 0.193. The molecule has 0 aromatic heterocycles. The molecule has 16 heavy (non-hydrogen) atoms. The third-order valence-electron chi connectivity index (χ3n) is 5.22. The minimum atomic E-state index is -0.573. The number of halogens is 1. The summed E-state index contributed by atoms with van der Waals surface area (Å²) in [5, 5.41) is 9.65. The van der Waals surface area contributed by atoms with E-state index in [4.69, 9.17) is 0 Å². The van der Waals surface area contributed by atoms with Crippen molar-refractivity contribution in [2.75, 3.05) is 0 Å². The Morgan fingerprint density at radius 1 is 1.19 bits per heavy atom. The van der Waals surface area contributed by atoms with Gasteiger partial charge in [-0.3, -0.25) is 4.79 Å². The van der Waals surface area contributed by atoms with Crippen LogP contribution >= 0.6 is 15.9 Å². The van der Waals surface area contributed by atoms with Gasteiger partial charge in [0, 0.05) is 4.83 Å². The maximum atomic E-state index is 11.7. The molecule has 1 N–H and O–H groups in total. The highest BCUT2D eigenvalue weighted by atomic mass is 79.9. The summed E-state index contributed by atoms with van der Waals surface area (Å²) in [6.45, 7) is 4.60. The van der Waals surface area contributed by atoms with E-state index in [-0.39, 0.29) is 15.7 Å². The fraction of sp³-hybridized carbons (Fsp3) is 0.923. The molecule has 3 unspecified atom stereocenters. The Hall–Kier alpha value is -0.0500. The van der Waals surface area contributed by atoms with E-state index in [1.165, 1.54) is 19.3 Å². The Bertz CT molecular complexity index is 347. The van der Waals surface area contributed by atoms with Crippen LogP contribution in [0.15, 0.2) is 0 Å². The molecule has 4 rings (SSSR count). The van der Waals surface area contributed by atoms with Gasteiger partial charge in [0.2, 0.25) is 0 Å². The first-order chi connectivity index (χ1) is 7.29. The van der Waals surface area contributed by atoms with Crippen LogP contribution in [0.3, 0.4) is 0 Å². The lowest BCUT2D eigenvalue weighted by Gasteiger charge is -2.65. The maximum Gasteiger partial charge on any atom is 0.310 e. The number of carboxylic acid groups (broad SMARTS) is 1. The summed E-state index contributed by atoms with van der Waals surface area (Å²) in [6.07, 6.45) is 5.40. The van der Waals surface area contributed by atoms with E-state index in [0.29, 0.717) is 5.92 Å². The topological polar surface area (TPSA) is 37.3 Å². The predicted molar refractivity (Wildman–Crippen MR) is 65.6 cm³/mol. The van der Waals surface area contributed by atoms with Crippen molar-refractivity contribution in [3.05, 3.63) is 0 Å². The first-order valence-electron chi connectivity index (χ1n) is 6.16. The molecule has 4 saturated carbocycles. The molecule has 4 fully saturated rings. The molecule has 0 radical (unpaired) electrons. The second-order valence-corrected chi connectivity index (χ2v) is 8.17. The van der Waals surface area contributed by atoms with Crippen LogP contribution in [0, 0.1) is 22.2 Å². The molecule has 0 heterocycles. The first kappa shape index (κ1) is 11.1. The molecule has 4 aliphatic carbocycles. The van der Waals surface area contributed by atoms with Gasteiger partial charge in [0.15, 0.2) is 0 Å². The third-order valence-corrected chi connectivity index (χ3v) is 6.84. The standard InChI is InChI=1S/C13H19BrO2/c1-11-3-8-4-12(2,5-11)7-13(6-11,9(8)14)10(15)16/h8-9H,3-7H2,1-2H3,(H,15,16). The molecule has 0 saturated heterocycles. The lowest BCUT2D eigenvalue weighted by atomic mass is 9.40. The first-order valence-corrected chi connectivity index (χ1v) is 7.08. The quantitative estimate of drug-likeness (QED) is 0.750. The summed E-state index contributed by atoms with van der Waals surface area (Å²) in [6, 6.07) is 0. The fourth-order valence-electron chi connectivity index (χ4n) is 5.49. The van der Waals surface area contributed by atoms with E-state index in [0.717, 1.165) is 12.8 Å². The molecule has 90 valence electrons. The van der Waals surface area contributed by atoms with Crippen molar-refractivity contribution in [2.24, 2.45) is 22.2 Å². The third kappa shape index (κ3) is 1.21. The Balaban J connectivity index is 2.10. The smallest absolute Gasteiger partial charge is 0.310 e. The van der Waals surface area contributed by atoms with Gasteiger partial charge in [0.25, 0.3) is 0 Å². The van der Waals surface area contributed by atoms with Gasteiger partial charge in [-0.2, -0.15) is 0 Å². The summed E-state index contributed by atoms with van der Waals surface area (Å²) in [7, 11) is 0. The molecule has 0 aliphatic heterocycles. The number of alkyl halides is 1. The van der Waals surface area contributed by atoms with Crippen molar-refractivity contribution in [1.82, 2.24) is 0 Å². The number of carbonyl (C=O) groups is 1. The molecule has 3 heteroatoms. The number of hydrogen-bond donors (Lipinski definition) is 1. The summed E-state index contributed by atoms with van der Waals surface area (Å²) in [4.78, 5) is 11.9. The van der Waals surface area contributed by atoms with Crippen molar-refractivity contribution in [3.63, 3.8) is 0 Å². The highest BCUT2D eigenvalue weighted by Crippen LogP contribution is 2.70. The van der Waals surface area contributed by atoms with Gasteiger partial charge >= 0.3 is 5.97 Å². The number of carboxylic acids is 1. The van der Waals surface area contributed by atoms with E-state index in [1.807, 2.05) is 0 Å². The van der Waals surface area contributed by atoms with Crippen LogP contribution in [0.5, 0.6) is 0 Å². The molecule has 0 aromatic rings. The van der Waals surface area contributed by atoms with Gasteiger partial charge in [-0.25, -0.2) is 0 Å². The van der Waals surface area contributed by atoms with Crippen molar-refractivity contribution >= 4 is 21.9 Å². The molecule has 4 aliphatic rings. The van der Waals surface area contributed by atoms with Crippen molar-refractivity contribution in [3.8, 4) is 0 Å². The van der Waals surface area contributed by atoms with Crippen LogP contribution in [0.25, 0.3) is 0 Å². The van der Waals surface area contributed by atoms with E-state index in [1.54, 1.807) is 0 Å². The summed E-state index contributed by atoms with van der Waals surface area (Å²) in [5.74, 6) is -0.00160. The summed E-state index contributed by atoms with van der Waals surface area (Å²) in [5.41, 5.74) is 0.0695. The van der Waals surface area contributed by atoms with Gasteiger partial charge in [-0.15, -0.1) is 0 Å². The summed E-state index contributed by atoms with van der Waals surface area (Å²) >= 11 is 3.70. The monoisotopic (exact) mass is 286 g/mol. The zero-order chi connectivity index (χ0) is 11.8. The van der Waals surface area contributed by atoms with E-state index in [2.05, 4.69) is 29.8 Å². The SMILES string of the molecule is CC12CC3CC(C)(C1)CC(C(=O)O)(C2)C3Br. The van der Waals surface area contributed by atoms with Crippen LogP contribution in [-0.2, 0) is 4.79 Å². The van der Waals surface area contributed by atoms with Gasteiger partial charge in [-0.1, -0.05) is 29.8 Å². The van der Waals surface area contributed by atoms with Crippen molar-refractivity contribution in [2.45, 2.75) is 50.8 Å². The molecule has 4 bridgehead atoms. The van der Waals surface area contributed by atoms with Gasteiger partial charge in [-0.05, 0) is 48.9 Å². The molecular formula is C13H19BrO2. The zero-order valence-corrected chi connectivity index (χ0v) is 11.5. The lowest BCUT2D eigenvalue weighted by molar-refractivity contribution is -0.182. The average Bonchev–Trinajstić information content (AvgIpc) is 2.09. The zero-order valence-electron chi connectivity index (χ0n) is 9.92. The second-order valence-electron chi connectivity index (χ2n) is 7.18.